The number of carbonyl (C=O) groups is 1. The Bertz CT molecular complexity index is 167. The predicted octanol–water partition coefficient (Wildman–Crippen LogP) is 1.50. The van der Waals surface area contributed by atoms with E-state index in [-0.39, 0.29) is 23.9 Å². The molecule has 0 aromatic carbocycles. The average Bonchev–Trinajstić information content (AvgIpc) is 2.54. The Hall–Kier alpha value is -0.280. The van der Waals surface area contributed by atoms with Gasteiger partial charge in [-0.25, -0.2) is 0 Å². The fourth-order valence-corrected chi connectivity index (χ4v) is 1.70. The molecular formula is C9H18ClNO2. The Morgan fingerprint density at radius 3 is 2.62 bits per heavy atom. The van der Waals surface area contributed by atoms with Gasteiger partial charge in [-0.1, -0.05) is 6.92 Å². The zero-order valence-corrected chi connectivity index (χ0v) is 9.08. The number of carbonyl (C=O) groups excluding carboxylic acids is 1. The number of hydrogen-bond acceptors (Lipinski definition) is 3. The maximum absolute atomic E-state index is 11.5. The molecule has 1 fully saturated rings. The van der Waals surface area contributed by atoms with E-state index < -0.39 is 0 Å². The van der Waals surface area contributed by atoms with Crippen LogP contribution in [0.1, 0.15) is 33.1 Å². The lowest BCUT2D eigenvalue weighted by molar-refractivity contribution is -0.150. The Kier molecular flexibility index (Phi) is 5.33. The molecule has 1 atom stereocenters. The second-order valence-electron chi connectivity index (χ2n) is 3.19. The molecule has 1 saturated heterocycles. The Morgan fingerprint density at radius 2 is 2.23 bits per heavy atom. The van der Waals surface area contributed by atoms with Gasteiger partial charge in [-0.05, 0) is 32.7 Å². The number of nitrogens with one attached hydrogen (secondary N) is 1. The highest BCUT2D eigenvalue weighted by Crippen LogP contribution is 2.24. The first-order chi connectivity index (χ1) is 5.75. The SMILES string of the molecule is CCOC(=O)[C@@]1(CC)CCCN1.Cl. The molecule has 4 heteroatoms. The summed E-state index contributed by atoms with van der Waals surface area (Å²) in [6, 6.07) is 0. The van der Waals surface area contributed by atoms with Gasteiger partial charge in [0, 0.05) is 0 Å². The van der Waals surface area contributed by atoms with Crippen LogP contribution in [0.2, 0.25) is 0 Å². The van der Waals surface area contributed by atoms with E-state index >= 15 is 0 Å². The summed E-state index contributed by atoms with van der Waals surface area (Å²) in [6.07, 6.45) is 2.82. The van der Waals surface area contributed by atoms with Crippen molar-refractivity contribution >= 4 is 18.4 Å². The fraction of sp³-hybridized carbons (Fsp3) is 0.889. The third-order valence-corrected chi connectivity index (χ3v) is 2.51. The molecule has 3 nitrogen and oxygen atoms in total. The Labute approximate surface area is 85.6 Å². The first-order valence-electron chi connectivity index (χ1n) is 4.67. The Morgan fingerprint density at radius 1 is 1.54 bits per heavy atom. The first-order valence-corrected chi connectivity index (χ1v) is 4.67. The largest absolute Gasteiger partial charge is 0.465 e. The van der Waals surface area contributed by atoms with Gasteiger partial charge in [-0.15, -0.1) is 12.4 Å². The van der Waals surface area contributed by atoms with Gasteiger partial charge in [0.25, 0.3) is 0 Å². The molecule has 0 radical (unpaired) electrons. The van der Waals surface area contributed by atoms with Gasteiger partial charge in [0.15, 0.2) is 0 Å². The van der Waals surface area contributed by atoms with Crippen molar-refractivity contribution in [2.75, 3.05) is 13.2 Å². The summed E-state index contributed by atoms with van der Waals surface area (Å²) in [7, 11) is 0. The summed E-state index contributed by atoms with van der Waals surface area (Å²) < 4.78 is 5.02. The van der Waals surface area contributed by atoms with Gasteiger partial charge in [-0.3, -0.25) is 4.79 Å². The third kappa shape index (κ3) is 2.58. The van der Waals surface area contributed by atoms with Crippen molar-refractivity contribution in [3.05, 3.63) is 0 Å². The molecule has 0 amide bonds. The molecule has 0 saturated carbocycles. The van der Waals surface area contributed by atoms with Gasteiger partial charge in [0.2, 0.25) is 0 Å². The van der Waals surface area contributed by atoms with E-state index in [4.69, 9.17) is 4.74 Å². The van der Waals surface area contributed by atoms with Gasteiger partial charge in [0.05, 0.1) is 6.61 Å². The van der Waals surface area contributed by atoms with Crippen molar-refractivity contribution in [2.24, 2.45) is 0 Å². The zero-order chi connectivity index (χ0) is 9.03. The van der Waals surface area contributed by atoms with E-state index in [1.807, 2.05) is 13.8 Å². The molecule has 1 aliphatic rings. The van der Waals surface area contributed by atoms with Crippen LogP contribution in [-0.4, -0.2) is 24.7 Å². The minimum Gasteiger partial charge on any atom is -0.465 e. The number of rotatable bonds is 3. The van der Waals surface area contributed by atoms with E-state index in [9.17, 15) is 4.79 Å². The smallest absolute Gasteiger partial charge is 0.326 e. The van der Waals surface area contributed by atoms with Crippen molar-refractivity contribution < 1.29 is 9.53 Å². The number of ether oxygens (including phenoxy) is 1. The van der Waals surface area contributed by atoms with Crippen LogP contribution in [0, 0.1) is 0 Å². The summed E-state index contributed by atoms with van der Waals surface area (Å²) >= 11 is 0. The molecule has 1 heterocycles. The molecule has 1 rings (SSSR count). The second-order valence-corrected chi connectivity index (χ2v) is 3.19. The molecule has 78 valence electrons. The molecule has 0 aliphatic carbocycles. The molecule has 0 spiro atoms. The monoisotopic (exact) mass is 207 g/mol. The van der Waals surface area contributed by atoms with Crippen LogP contribution in [-0.2, 0) is 9.53 Å². The topological polar surface area (TPSA) is 38.3 Å². The van der Waals surface area contributed by atoms with E-state index in [1.165, 1.54) is 0 Å². The van der Waals surface area contributed by atoms with Crippen molar-refractivity contribution in [2.45, 2.75) is 38.6 Å². The zero-order valence-electron chi connectivity index (χ0n) is 8.26. The molecule has 1 N–H and O–H groups in total. The number of halogens is 1. The molecule has 0 unspecified atom stereocenters. The first kappa shape index (κ1) is 12.7. The normalized spacial score (nSPS) is 26.6. The lowest BCUT2D eigenvalue weighted by Crippen LogP contribution is -2.48. The van der Waals surface area contributed by atoms with Crippen molar-refractivity contribution in [1.29, 1.82) is 0 Å². The van der Waals surface area contributed by atoms with Gasteiger partial charge < -0.3 is 10.1 Å². The maximum atomic E-state index is 11.5. The second kappa shape index (κ2) is 5.45. The van der Waals surface area contributed by atoms with Crippen molar-refractivity contribution in [1.82, 2.24) is 5.32 Å². The van der Waals surface area contributed by atoms with Crippen LogP contribution >= 0.6 is 12.4 Å². The minimum absolute atomic E-state index is 0. The minimum atomic E-state index is -0.365. The molecule has 13 heavy (non-hydrogen) atoms. The van der Waals surface area contributed by atoms with Crippen LogP contribution in [0.4, 0.5) is 0 Å². The van der Waals surface area contributed by atoms with Crippen LogP contribution < -0.4 is 5.32 Å². The van der Waals surface area contributed by atoms with E-state index in [2.05, 4.69) is 5.32 Å². The number of hydrogen-bond donors (Lipinski definition) is 1. The molecule has 0 aromatic heterocycles. The van der Waals surface area contributed by atoms with Gasteiger partial charge >= 0.3 is 5.97 Å². The highest BCUT2D eigenvalue weighted by Gasteiger charge is 2.40. The summed E-state index contributed by atoms with van der Waals surface area (Å²) in [5.74, 6) is -0.0787. The van der Waals surface area contributed by atoms with Crippen LogP contribution in [0.25, 0.3) is 0 Å². The highest BCUT2D eigenvalue weighted by atomic mass is 35.5. The molecule has 0 aromatic rings. The third-order valence-electron chi connectivity index (χ3n) is 2.51. The standard InChI is InChI=1S/C9H17NO2.ClH/c1-3-9(6-5-7-10-9)8(11)12-4-2;/h10H,3-7H2,1-2H3;1H/t9-;/m1./s1. The molecule has 0 bridgehead atoms. The van der Waals surface area contributed by atoms with E-state index in [0.29, 0.717) is 6.61 Å². The van der Waals surface area contributed by atoms with Crippen molar-refractivity contribution in [3.63, 3.8) is 0 Å². The van der Waals surface area contributed by atoms with Crippen LogP contribution in [0.5, 0.6) is 0 Å². The number of esters is 1. The lowest BCUT2D eigenvalue weighted by Gasteiger charge is -2.24. The van der Waals surface area contributed by atoms with Gasteiger partial charge in [-0.2, -0.15) is 0 Å². The maximum Gasteiger partial charge on any atom is 0.326 e. The Balaban J connectivity index is 0.00000144. The molecular weight excluding hydrogens is 190 g/mol. The lowest BCUT2D eigenvalue weighted by atomic mass is 9.94. The average molecular weight is 208 g/mol. The van der Waals surface area contributed by atoms with Crippen molar-refractivity contribution in [3.8, 4) is 0 Å². The molecule has 1 aliphatic heterocycles. The fourth-order valence-electron chi connectivity index (χ4n) is 1.70. The van der Waals surface area contributed by atoms with Crippen LogP contribution in [0.3, 0.4) is 0 Å². The summed E-state index contributed by atoms with van der Waals surface area (Å²) in [5.41, 5.74) is -0.365. The summed E-state index contributed by atoms with van der Waals surface area (Å²) in [5, 5.41) is 3.23. The van der Waals surface area contributed by atoms with Crippen LogP contribution in [0.15, 0.2) is 0 Å². The highest BCUT2D eigenvalue weighted by molar-refractivity contribution is 5.85. The van der Waals surface area contributed by atoms with E-state index in [0.717, 1.165) is 25.8 Å². The van der Waals surface area contributed by atoms with Gasteiger partial charge in [0.1, 0.15) is 5.54 Å². The predicted molar refractivity (Wildman–Crippen MR) is 54.1 cm³/mol. The van der Waals surface area contributed by atoms with E-state index in [1.54, 1.807) is 0 Å². The quantitative estimate of drug-likeness (QED) is 0.713. The summed E-state index contributed by atoms with van der Waals surface area (Å²) in [6.45, 7) is 5.28. The summed E-state index contributed by atoms with van der Waals surface area (Å²) in [4.78, 5) is 11.5.